The predicted octanol–water partition coefficient (Wildman–Crippen LogP) is 3.36. The molecule has 2 aromatic rings. The minimum absolute atomic E-state index is 0.154. The van der Waals surface area contributed by atoms with E-state index in [-0.39, 0.29) is 12.2 Å². The number of carboxylic acid groups (broad SMARTS) is 1. The van der Waals surface area contributed by atoms with Crippen molar-refractivity contribution in [3.8, 4) is 11.5 Å². The van der Waals surface area contributed by atoms with Crippen LogP contribution >= 0.6 is 0 Å². The van der Waals surface area contributed by atoms with Crippen molar-refractivity contribution in [2.75, 3.05) is 6.61 Å². The first-order chi connectivity index (χ1) is 9.72. The largest absolute Gasteiger partial charge is 0.493 e. The van der Waals surface area contributed by atoms with Gasteiger partial charge in [0.1, 0.15) is 23.7 Å². The number of aromatic carboxylic acids is 1. The summed E-state index contributed by atoms with van der Waals surface area (Å²) in [4.78, 5) is 11.1. The molecule has 0 bridgehead atoms. The van der Waals surface area contributed by atoms with Crippen molar-refractivity contribution in [2.45, 2.75) is 13.5 Å². The molecule has 0 saturated carbocycles. The zero-order valence-electron chi connectivity index (χ0n) is 11.2. The van der Waals surface area contributed by atoms with E-state index in [4.69, 9.17) is 14.6 Å². The van der Waals surface area contributed by atoms with Crippen molar-refractivity contribution < 1.29 is 19.4 Å². The Morgan fingerprint density at radius 1 is 1.00 bits per heavy atom. The Balaban J connectivity index is 2.15. The zero-order chi connectivity index (χ0) is 14.4. The summed E-state index contributed by atoms with van der Waals surface area (Å²) in [6, 6.07) is 14.1. The van der Waals surface area contributed by atoms with E-state index in [2.05, 4.69) is 0 Å². The first kappa shape index (κ1) is 13.9. The maximum atomic E-state index is 11.1. The molecule has 0 spiro atoms. The molecule has 2 aromatic carbocycles. The van der Waals surface area contributed by atoms with Crippen LogP contribution in [0.2, 0.25) is 0 Å². The first-order valence-electron chi connectivity index (χ1n) is 6.38. The molecular formula is C16H16O4. The minimum Gasteiger partial charge on any atom is -0.493 e. The number of hydrogen-bond donors (Lipinski definition) is 1. The molecule has 0 saturated heterocycles. The molecule has 0 unspecified atom stereocenters. The van der Waals surface area contributed by atoms with Gasteiger partial charge in [-0.2, -0.15) is 0 Å². The molecule has 4 heteroatoms. The van der Waals surface area contributed by atoms with Crippen LogP contribution in [0.3, 0.4) is 0 Å². The predicted molar refractivity (Wildman–Crippen MR) is 75.3 cm³/mol. The van der Waals surface area contributed by atoms with Crippen molar-refractivity contribution in [1.82, 2.24) is 0 Å². The average molecular weight is 272 g/mol. The van der Waals surface area contributed by atoms with Crippen LogP contribution in [0.4, 0.5) is 0 Å². The summed E-state index contributed by atoms with van der Waals surface area (Å²) in [6.07, 6.45) is 0. The van der Waals surface area contributed by atoms with E-state index >= 15 is 0 Å². The van der Waals surface area contributed by atoms with Crippen molar-refractivity contribution in [3.63, 3.8) is 0 Å². The van der Waals surface area contributed by atoms with Gasteiger partial charge in [0.15, 0.2) is 0 Å². The number of rotatable bonds is 6. The summed E-state index contributed by atoms with van der Waals surface area (Å²) in [7, 11) is 0. The number of carbonyl (C=O) groups is 1. The summed E-state index contributed by atoms with van der Waals surface area (Å²) in [5.41, 5.74) is 1.04. The normalized spacial score (nSPS) is 10.1. The van der Waals surface area contributed by atoms with Gasteiger partial charge in [-0.15, -0.1) is 0 Å². The number of ether oxygens (including phenoxy) is 2. The highest BCUT2D eigenvalue weighted by atomic mass is 16.5. The molecule has 0 aliphatic rings. The van der Waals surface area contributed by atoms with Gasteiger partial charge in [0, 0.05) is 5.56 Å². The monoisotopic (exact) mass is 272 g/mol. The molecule has 0 aromatic heterocycles. The minimum atomic E-state index is -1.00. The van der Waals surface area contributed by atoms with Crippen LogP contribution in [0.5, 0.6) is 11.5 Å². The van der Waals surface area contributed by atoms with Gasteiger partial charge in [-0.05, 0) is 25.1 Å². The third kappa shape index (κ3) is 3.29. The molecule has 0 atom stereocenters. The molecule has 0 aliphatic carbocycles. The summed E-state index contributed by atoms with van der Waals surface area (Å²) in [5.74, 6) is 0.104. The van der Waals surface area contributed by atoms with Crippen molar-refractivity contribution in [3.05, 3.63) is 59.7 Å². The zero-order valence-corrected chi connectivity index (χ0v) is 11.2. The van der Waals surface area contributed by atoms with Gasteiger partial charge in [0.2, 0.25) is 0 Å². The molecule has 0 aliphatic heterocycles. The van der Waals surface area contributed by atoms with Crippen LogP contribution in [0.1, 0.15) is 22.8 Å². The second-order valence-electron chi connectivity index (χ2n) is 4.13. The molecular weight excluding hydrogens is 256 g/mol. The highest BCUT2D eigenvalue weighted by molar-refractivity contribution is 5.90. The molecule has 1 N–H and O–H groups in total. The van der Waals surface area contributed by atoms with Gasteiger partial charge in [-0.3, -0.25) is 0 Å². The molecule has 0 fully saturated rings. The third-order valence-electron chi connectivity index (χ3n) is 2.77. The van der Waals surface area contributed by atoms with Crippen molar-refractivity contribution in [1.29, 1.82) is 0 Å². The Morgan fingerprint density at radius 2 is 1.65 bits per heavy atom. The standard InChI is InChI=1S/C16H16O4/c1-2-19-14-9-5-3-7-12(14)11-20-15-10-6-4-8-13(15)16(17)18/h3-10H,2,11H2,1H3,(H,17,18). The molecule has 20 heavy (non-hydrogen) atoms. The van der Waals surface area contributed by atoms with E-state index in [1.54, 1.807) is 18.2 Å². The lowest BCUT2D eigenvalue weighted by atomic mass is 10.2. The van der Waals surface area contributed by atoms with E-state index in [0.29, 0.717) is 12.4 Å². The molecule has 2 rings (SSSR count). The molecule has 0 radical (unpaired) electrons. The maximum absolute atomic E-state index is 11.1. The van der Waals surface area contributed by atoms with Crippen LogP contribution < -0.4 is 9.47 Å². The highest BCUT2D eigenvalue weighted by Crippen LogP contribution is 2.23. The number of carboxylic acids is 1. The van der Waals surface area contributed by atoms with E-state index in [9.17, 15) is 4.79 Å². The lowest BCUT2D eigenvalue weighted by Gasteiger charge is -2.12. The Morgan fingerprint density at radius 3 is 2.35 bits per heavy atom. The molecule has 0 heterocycles. The van der Waals surface area contributed by atoms with Gasteiger partial charge in [-0.25, -0.2) is 4.79 Å². The van der Waals surface area contributed by atoms with Crippen LogP contribution in [0.15, 0.2) is 48.5 Å². The van der Waals surface area contributed by atoms with Gasteiger partial charge in [0.05, 0.1) is 6.61 Å². The third-order valence-corrected chi connectivity index (χ3v) is 2.77. The lowest BCUT2D eigenvalue weighted by molar-refractivity contribution is 0.0691. The Labute approximate surface area is 117 Å². The average Bonchev–Trinajstić information content (AvgIpc) is 2.47. The SMILES string of the molecule is CCOc1ccccc1COc1ccccc1C(=O)O. The van der Waals surface area contributed by atoms with E-state index in [1.807, 2.05) is 31.2 Å². The number of para-hydroxylation sites is 2. The van der Waals surface area contributed by atoms with E-state index in [1.165, 1.54) is 6.07 Å². The quantitative estimate of drug-likeness (QED) is 0.876. The lowest BCUT2D eigenvalue weighted by Crippen LogP contribution is -2.04. The maximum Gasteiger partial charge on any atom is 0.339 e. The van der Waals surface area contributed by atoms with Crippen LogP contribution in [0.25, 0.3) is 0 Å². The fourth-order valence-corrected chi connectivity index (χ4v) is 1.84. The first-order valence-corrected chi connectivity index (χ1v) is 6.38. The summed E-state index contributed by atoms with van der Waals surface area (Å²) >= 11 is 0. The van der Waals surface area contributed by atoms with Gasteiger partial charge in [0.25, 0.3) is 0 Å². The Bertz CT molecular complexity index is 593. The van der Waals surface area contributed by atoms with Gasteiger partial charge < -0.3 is 14.6 Å². The van der Waals surface area contributed by atoms with Gasteiger partial charge in [-0.1, -0.05) is 30.3 Å². The highest BCUT2D eigenvalue weighted by Gasteiger charge is 2.11. The van der Waals surface area contributed by atoms with Crippen LogP contribution in [-0.4, -0.2) is 17.7 Å². The Kier molecular flexibility index (Phi) is 4.60. The van der Waals surface area contributed by atoms with Crippen molar-refractivity contribution in [2.24, 2.45) is 0 Å². The fourth-order valence-electron chi connectivity index (χ4n) is 1.84. The summed E-state index contributed by atoms with van der Waals surface area (Å²) in [6.45, 7) is 2.75. The fraction of sp³-hybridized carbons (Fsp3) is 0.188. The van der Waals surface area contributed by atoms with Gasteiger partial charge >= 0.3 is 5.97 Å². The smallest absolute Gasteiger partial charge is 0.339 e. The summed E-state index contributed by atoms with van der Waals surface area (Å²) < 4.78 is 11.1. The second-order valence-corrected chi connectivity index (χ2v) is 4.13. The summed E-state index contributed by atoms with van der Waals surface area (Å²) in [5, 5.41) is 9.10. The topological polar surface area (TPSA) is 55.8 Å². The number of hydrogen-bond acceptors (Lipinski definition) is 3. The molecule has 0 amide bonds. The van der Waals surface area contributed by atoms with Crippen molar-refractivity contribution >= 4 is 5.97 Å². The Hall–Kier alpha value is -2.49. The molecule has 4 nitrogen and oxygen atoms in total. The molecule has 104 valence electrons. The van der Waals surface area contributed by atoms with Crippen LogP contribution in [0, 0.1) is 0 Å². The van der Waals surface area contributed by atoms with E-state index < -0.39 is 5.97 Å². The second kappa shape index (κ2) is 6.61. The number of benzene rings is 2. The van der Waals surface area contributed by atoms with E-state index in [0.717, 1.165) is 11.3 Å². The van der Waals surface area contributed by atoms with Crippen LogP contribution in [-0.2, 0) is 6.61 Å².